The Morgan fingerprint density at radius 2 is 1.55 bits per heavy atom. The number of rotatable bonds is 4. The van der Waals surface area contributed by atoms with Crippen LogP contribution in [0.2, 0.25) is 0 Å². The summed E-state index contributed by atoms with van der Waals surface area (Å²) in [5.41, 5.74) is -5.62. The molecule has 0 fully saturated rings. The number of H-pyrrole nitrogens is 1. The van der Waals surface area contributed by atoms with E-state index in [9.17, 15) is 26.4 Å². The summed E-state index contributed by atoms with van der Waals surface area (Å²) in [6.45, 7) is 0. The second-order valence-corrected chi connectivity index (χ2v) is 7.16. The van der Waals surface area contributed by atoms with Crippen LogP contribution in [-0.4, -0.2) is 43.5 Å². The molecule has 0 saturated heterocycles. The van der Waals surface area contributed by atoms with Crippen molar-refractivity contribution in [3.05, 3.63) is 83.7 Å². The highest BCUT2D eigenvalue weighted by Crippen LogP contribution is 2.26. The SMILES string of the molecule is O=S(=O)(Oc1ccn(-c2ccccn2)n1)C(F)(F)F.O=c1ccn(-c2ccccn2)[nH]1. The molecule has 1 N–H and O–H groups in total. The number of halogens is 3. The third-order valence-corrected chi connectivity index (χ3v) is 4.39. The first-order valence-corrected chi connectivity index (χ1v) is 9.73. The average Bonchev–Trinajstić information content (AvgIpc) is 3.38. The number of nitrogens with one attached hydrogen (secondary N) is 1. The molecular formula is C17H13F3N6O4S. The molecule has 0 saturated carbocycles. The zero-order valence-corrected chi connectivity index (χ0v) is 16.2. The molecule has 0 spiro atoms. The molecule has 0 unspecified atom stereocenters. The van der Waals surface area contributed by atoms with E-state index in [2.05, 4.69) is 24.3 Å². The number of aromatic nitrogens is 6. The molecule has 14 heteroatoms. The van der Waals surface area contributed by atoms with Crippen molar-refractivity contribution in [2.24, 2.45) is 0 Å². The van der Waals surface area contributed by atoms with Crippen LogP contribution in [0.4, 0.5) is 13.2 Å². The summed E-state index contributed by atoms with van der Waals surface area (Å²) in [6, 6.07) is 12.7. The molecule has 0 aromatic carbocycles. The first-order valence-electron chi connectivity index (χ1n) is 8.33. The molecule has 0 aliphatic carbocycles. The Bertz CT molecular complexity index is 1280. The number of nitrogens with zero attached hydrogens (tertiary/aromatic N) is 5. The Morgan fingerprint density at radius 1 is 0.903 bits per heavy atom. The van der Waals surface area contributed by atoms with Crippen molar-refractivity contribution in [3.8, 4) is 17.5 Å². The highest BCUT2D eigenvalue weighted by Gasteiger charge is 2.49. The molecule has 31 heavy (non-hydrogen) atoms. The lowest BCUT2D eigenvalue weighted by atomic mass is 10.5. The van der Waals surface area contributed by atoms with E-state index in [1.165, 1.54) is 24.5 Å². The van der Waals surface area contributed by atoms with E-state index in [0.717, 1.165) is 10.7 Å². The maximum Gasteiger partial charge on any atom is 0.534 e. The van der Waals surface area contributed by atoms with Gasteiger partial charge in [0, 0.05) is 36.9 Å². The van der Waals surface area contributed by atoms with E-state index in [-0.39, 0.29) is 5.56 Å². The minimum Gasteiger partial charge on any atom is -0.354 e. The topological polar surface area (TPSA) is 125 Å². The smallest absolute Gasteiger partial charge is 0.354 e. The van der Waals surface area contributed by atoms with Crippen molar-refractivity contribution in [1.29, 1.82) is 0 Å². The van der Waals surface area contributed by atoms with Crippen LogP contribution in [0.5, 0.6) is 5.88 Å². The van der Waals surface area contributed by atoms with E-state index in [1.54, 1.807) is 29.2 Å². The van der Waals surface area contributed by atoms with Crippen molar-refractivity contribution in [1.82, 2.24) is 29.5 Å². The minimum absolute atomic E-state index is 0.124. The summed E-state index contributed by atoms with van der Waals surface area (Å²) < 4.78 is 64.3. The van der Waals surface area contributed by atoms with Crippen molar-refractivity contribution in [3.63, 3.8) is 0 Å². The van der Waals surface area contributed by atoms with Gasteiger partial charge in [0.1, 0.15) is 0 Å². The molecule has 4 heterocycles. The Labute approximate surface area is 172 Å². The van der Waals surface area contributed by atoms with E-state index in [0.29, 0.717) is 11.6 Å². The molecule has 4 rings (SSSR count). The van der Waals surface area contributed by atoms with Crippen LogP contribution in [0.25, 0.3) is 11.6 Å². The van der Waals surface area contributed by atoms with Gasteiger partial charge >= 0.3 is 15.6 Å². The summed E-state index contributed by atoms with van der Waals surface area (Å²) in [5.74, 6) is 0.323. The minimum atomic E-state index is -5.72. The molecule has 0 amide bonds. The molecule has 0 aliphatic rings. The van der Waals surface area contributed by atoms with E-state index >= 15 is 0 Å². The van der Waals surface area contributed by atoms with Gasteiger partial charge in [-0.2, -0.15) is 21.6 Å². The van der Waals surface area contributed by atoms with Gasteiger partial charge in [0.2, 0.25) is 0 Å². The van der Waals surface area contributed by atoms with Crippen LogP contribution < -0.4 is 9.74 Å². The van der Waals surface area contributed by atoms with Gasteiger partial charge in [-0.25, -0.2) is 19.3 Å². The summed E-state index contributed by atoms with van der Waals surface area (Å²) >= 11 is 0. The van der Waals surface area contributed by atoms with E-state index in [4.69, 9.17) is 0 Å². The molecule has 0 radical (unpaired) electrons. The number of hydrogen-bond donors (Lipinski definition) is 1. The van der Waals surface area contributed by atoms with Crippen molar-refractivity contribution in [2.45, 2.75) is 5.51 Å². The lowest BCUT2D eigenvalue weighted by Crippen LogP contribution is -2.28. The number of alkyl halides is 3. The third kappa shape index (κ3) is 5.57. The van der Waals surface area contributed by atoms with E-state index < -0.39 is 21.5 Å². The van der Waals surface area contributed by atoms with Crippen LogP contribution in [0, 0.1) is 0 Å². The van der Waals surface area contributed by atoms with Gasteiger partial charge in [-0.15, -0.1) is 5.10 Å². The van der Waals surface area contributed by atoms with Crippen LogP contribution >= 0.6 is 0 Å². The van der Waals surface area contributed by atoms with Gasteiger partial charge in [-0.3, -0.25) is 9.89 Å². The highest BCUT2D eigenvalue weighted by molar-refractivity contribution is 7.87. The highest BCUT2D eigenvalue weighted by atomic mass is 32.2. The van der Waals surface area contributed by atoms with Crippen LogP contribution in [0.1, 0.15) is 0 Å². The zero-order valence-electron chi connectivity index (χ0n) is 15.3. The van der Waals surface area contributed by atoms with Crippen LogP contribution in [0.15, 0.2) is 78.1 Å². The Balaban J connectivity index is 0.000000194. The van der Waals surface area contributed by atoms with Crippen molar-refractivity contribution in [2.75, 3.05) is 0 Å². The van der Waals surface area contributed by atoms with Gasteiger partial charge in [-0.05, 0) is 24.3 Å². The molecule has 162 valence electrons. The quantitative estimate of drug-likeness (QED) is 0.370. The van der Waals surface area contributed by atoms with Gasteiger partial charge in [0.15, 0.2) is 11.6 Å². The number of hydrogen-bond acceptors (Lipinski definition) is 7. The average molecular weight is 454 g/mol. The Morgan fingerprint density at radius 3 is 2.06 bits per heavy atom. The fourth-order valence-corrected chi connectivity index (χ4v) is 2.50. The summed E-state index contributed by atoms with van der Waals surface area (Å²) in [7, 11) is -5.72. The van der Waals surface area contributed by atoms with Crippen molar-refractivity contribution < 1.29 is 25.8 Å². The zero-order chi connectivity index (χ0) is 22.5. The Kier molecular flexibility index (Phi) is 6.20. The first kappa shape index (κ1) is 21.8. The normalized spacial score (nSPS) is 11.5. The molecule has 0 atom stereocenters. The van der Waals surface area contributed by atoms with E-state index in [1.807, 2.05) is 18.2 Å². The molecule has 10 nitrogen and oxygen atoms in total. The molecule has 0 aliphatic heterocycles. The Hall–Kier alpha value is -3.94. The number of aromatic amines is 1. The first-order chi connectivity index (χ1) is 14.7. The summed E-state index contributed by atoms with van der Waals surface area (Å²) in [4.78, 5) is 18.7. The predicted octanol–water partition coefficient (Wildman–Crippen LogP) is 2.06. The maximum atomic E-state index is 12.1. The molecular weight excluding hydrogens is 441 g/mol. The fraction of sp³-hybridized carbons (Fsp3) is 0.0588. The largest absolute Gasteiger partial charge is 0.534 e. The number of pyridine rings is 2. The summed E-state index contributed by atoms with van der Waals surface area (Å²) in [6.07, 6.45) is 5.99. The van der Waals surface area contributed by atoms with Gasteiger partial charge in [0.25, 0.3) is 11.4 Å². The van der Waals surface area contributed by atoms with Crippen LogP contribution in [0.3, 0.4) is 0 Å². The second kappa shape index (κ2) is 8.83. The second-order valence-electron chi connectivity index (χ2n) is 5.62. The third-order valence-electron chi connectivity index (χ3n) is 3.43. The lowest BCUT2D eigenvalue weighted by molar-refractivity contribution is -0.0501. The molecule has 4 aromatic heterocycles. The van der Waals surface area contributed by atoms with Gasteiger partial charge in [-0.1, -0.05) is 12.1 Å². The van der Waals surface area contributed by atoms with Gasteiger partial charge in [0.05, 0.1) is 0 Å². The monoisotopic (exact) mass is 454 g/mol. The van der Waals surface area contributed by atoms with Gasteiger partial charge < -0.3 is 4.18 Å². The van der Waals surface area contributed by atoms with Crippen molar-refractivity contribution >= 4 is 10.1 Å². The molecule has 0 bridgehead atoms. The fourth-order valence-electron chi connectivity index (χ4n) is 2.09. The summed E-state index contributed by atoms with van der Waals surface area (Å²) in [5, 5.41) is 6.12. The van der Waals surface area contributed by atoms with Crippen LogP contribution in [-0.2, 0) is 10.1 Å². The lowest BCUT2D eigenvalue weighted by Gasteiger charge is -2.06. The molecule has 4 aromatic rings. The predicted molar refractivity (Wildman–Crippen MR) is 101 cm³/mol. The standard InChI is InChI=1S/C9H6F3N3O3S.C8H7N3O/c10-9(11,12)19(16,17)18-8-4-6-15(14-8)7-3-1-2-5-13-7;12-8-4-6-11(10-8)7-3-1-2-5-9-7/h1-6H;1-6H,(H,10,12). The maximum absolute atomic E-state index is 12.1.